The lowest BCUT2D eigenvalue weighted by Crippen LogP contribution is -2.53. The molecule has 1 atom stereocenters. The Bertz CT molecular complexity index is 998. The number of rotatable bonds is 9. The van der Waals surface area contributed by atoms with E-state index < -0.39 is 11.4 Å². The molecule has 0 aliphatic carbocycles. The highest BCUT2D eigenvalue weighted by Crippen LogP contribution is 2.37. The number of nitrogens with zero attached hydrogens (tertiary/aromatic N) is 2. The minimum Gasteiger partial charge on any atom is -0.454 e. The number of primary amides is 1. The molecule has 1 amide bonds. The Morgan fingerprint density at radius 3 is 2.23 bits per heavy atom. The number of ether oxygens (including phenoxy) is 2. The Hall–Kier alpha value is -3.45. The summed E-state index contributed by atoms with van der Waals surface area (Å²) in [5.74, 6) is 0.867. The van der Waals surface area contributed by atoms with Crippen LogP contribution in [0.4, 0.5) is 0 Å². The summed E-state index contributed by atoms with van der Waals surface area (Å²) in [5.41, 5.74) is 7.94. The zero-order chi connectivity index (χ0) is 20.8. The van der Waals surface area contributed by atoms with Gasteiger partial charge in [-0.05, 0) is 72.4 Å². The molecule has 1 aromatic carbocycles. The number of aromatic nitrogens is 2. The molecule has 0 radical (unpaired) electrons. The van der Waals surface area contributed by atoms with Crippen molar-refractivity contribution in [3.8, 4) is 11.5 Å². The lowest BCUT2D eigenvalue weighted by molar-refractivity contribution is -0.125. The van der Waals surface area contributed by atoms with Crippen LogP contribution in [-0.2, 0) is 23.2 Å². The summed E-state index contributed by atoms with van der Waals surface area (Å²) >= 11 is 0. The number of nitrogens with one attached hydrogen (secondary N) is 1. The lowest BCUT2D eigenvalue weighted by Gasteiger charge is -2.33. The average molecular weight is 404 g/mol. The summed E-state index contributed by atoms with van der Waals surface area (Å²) in [6.07, 6.45) is 8.94. The molecule has 3 N–H and O–H groups in total. The zero-order valence-corrected chi connectivity index (χ0v) is 16.6. The van der Waals surface area contributed by atoms with Crippen LogP contribution in [0.15, 0.2) is 67.3 Å². The first-order chi connectivity index (χ1) is 14.7. The van der Waals surface area contributed by atoms with E-state index in [0.717, 1.165) is 23.1 Å². The monoisotopic (exact) mass is 404 g/mol. The van der Waals surface area contributed by atoms with Gasteiger partial charge in [-0.1, -0.05) is 6.07 Å². The van der Waals surface area contributed by atoms with Crippen LogP contribution >= 0.6 is 0 Å². The molecule has 3 aromatic rings. The number of benzene rings is 1. The van der Waals surface area contributed by atoms with Crippen molar-refractivity contribution in [1.82, 2.24) is 15.3 Å². The van der Waals surface area contributed by atoms with E-state index in [0.29, 0.717) is 30.9 Å². The van der Waals surface area contributed by atoms with Crippen molar-refractivity contribution in [2.45, 2.75) is 24.8 Å². The second kappa shape index (κ2) is 8.92. The summed E-state index contributed by atoms with van der Waals surface area (Å²) < 4.78 is 11.0. The zero-order valence-electron chi connectivity index (χ0n) is 16.6. The second-order valence-electron chi connectivity index (χ2n) is 7.23. The van der Waals surface area contributed by atoms with Gasteiger partial charge in [0.15, 0.2) is 11.5 Å². The number of nitrogens with two attached hydrogens (primary N) is 1. The van der Waals surface area contributed by atoms with Gasteiger partial charge in [0.05, 0.1) is 0 Å². The Kier molecular flexibility index (Phi) is 5.90. The summed E-state index contributed by atoms with van der Waals surface area (Å²) in [5, 5.41) is 3.45. The van der Waals surface area contributed by atoms with Crippen LogP contribution < -0.4 is 20.5 Å². The quantitative estimate of drug-likeness (QED) is 0.568. The Labute approximate surface area is 175 Å². The molecular formula is C23H24N4O3. The van der Waals surface area contributed by atoms with Crippen molar-refractivity contribution in [2.24, 2.45) is 5.73 Å². The third kappa shape index (κ3) is 4.26. The molecule has 1 aliphatic rings. The van der Waals surface area contributed by atoms with Gasteiger partial charge in [-0.2, -0.15) is 0 Å². The normalized spacial score (nSPS) is 14.3. The van der Waals surface area contributed by atoms with Crippen molar-refractivity contribution in [2.75, 3.05) is 13.3 Å². The summed E-state index contributed by atoms with van der Waals surface area (Å²) in [7, 11) is 0. The molecule has 7 nitrogen and oxygen atoms in total. The van der Waals surface area contributed by atoms with Crippen LogP contribution in [0.25, 0.3) is 0 Å². The maximum Gasteiger partial charge on any atom is 0.242 e. The number of aryl methyl sites for hydroxylation is 1. The van der Waals surface area contributed by atoms with Crippen LogP contribution in [-0.4, -0.2) is 29.2 Å². The number of amides is 1. The molecular weight excluding hydrogens is 380 g/mol. The van der Waals surface area contributed by atoms with Crippen molar-refractivity contribution in [3.05, 3.63) is 83.9 Å². The Morgan fingerprint density at radius 2 is 1.57 bits per heavy atom. The van der Waals surface area contributed by atoms with Gasteiger partial charge in [0.25, 0.3) is 0 Å². The second-order valence-corrected chi connectivity index (χ2v) is 7.23. The minimum atomic E-state index is -1.04. The van der Waals surface area contributed by atoms with E-state index in [4.69, 9.17) is 15.2 Å². The molecule has 0 saturated heterocycles. The van der Waals surface area contributed by atoms with E-state index >= 15 is 0 Å². The van der Waals surface area contributed by atoms with Gasteiger partial charge in [-0.25, -0.2) is 0 Å². The van der Waals surface area contributed by atoms with Gasteiger partial charge >= 0.3 is 0 Å². The van der Waals surface area contributed by atoms with Crippen molar-refractivity contribution >= 4 is 5.91 Å². The first-order valence-corrected chi connectivity index (χ1v) is 9.90. The van der Waals surface area contributed by atoms with Crippen molar-refractivity contribution in [1.29, 1.82) is 0 Å². The van der Waals surface area contributed by atoms with Gasteiger partial charge < -0.3 is 15.2 Å². The molecule has 0 saturated carbocycles. The summed E-state index contributed by atoms with van der Waals surface area (Å²) in [4.78, 5) is 21.0. The maximum atomic E-state index is 12.9. The van der Waals surface area contributed by atoms with E-state index in [-0.39, 0.29) is 6.79 Å². The molecule has 1 unspecified atom stereocenters. The smallest absolute Gasteiger partial charge is 0.242 e. The van der Waals surface area contributed by atoms with E-state index in [9.17, 15) is 4.79 Å². The van der Waals surface area contributed by atoms with E-state index in [1.54, 1.807) is 24.8 Å². The topological polar surface area (TPSA) is 99.4 Å². The first-order valence-electron chi connectivity index (χ1n) is 9.90. The minimum absolute atomic E-state index is 0.175. The lowest BCUT2D eigenvalue weighted by atomic mass is 9.83. The van der Waals surface area contributed by atoms with Gasteiger partial charge in [0.1, 0.15) is 5.54 Å². The Morgan fingerprint density at radius 1 is 0.933 bits per heavy atom. The first kappa shape index (κ1) is 19.8. The fourth-order valence-electron chi connectivity index (χ4n) is 3.70. The van der Waals surface area contributed by atoms with Crippen LogP contribution in [0.5, 0.6) is 11.5 Å². The predicted octanol–water partition coefficient (Wildman–Crippen LogP) is 2.35. The Balaban J connectivity index is 1.61. The fraction of sp³-hybridized carbons (Fsp3) is 0.261. The molecule has 7 heteroatoms. The highest BCUT2D eigenvalue weighted by Gasteiger charge is 2.38. The largest absolute Gasteiger partial charge is 0.454 e. The third-order valence-electron chi connectivity index (χ3n) is 5.41. The van der Waals surface area contributed by atoms with Crippen molar-refractivity contribution in [3.63, 3.8) is 0 Å². The van der Waals surface area contributed by atoms with Gasteiger partial charge in [0, 0.05) is 31.3 Å². The molecule has 4 rings (SSSR count). The van der Waals surface area contributed by atoms with Crippen molar-refractivity contribution < 1.29 is 14.3 Å². The van der Waals surface area contributed by atoms with Gasteiger partial charge in [0.2, 0.25) is 12.7 Å². The fourth-order valence-corrected chi connectivity index (χ4v) is 3.70. The van der Waals surface area contributed by atoms with Gasteiger partial charge in [-0.15, -0.1) is 0 Å². The highest BCUT2D eigenvalue weighted by molar-refractivity contribution is 5.86. The third-order valence-corrected chi connectivity index (χ3v) is 5.41. The molecule has 0 bridgehead atoms. The molecule has 30 heavy (non-hydrogen) atoms. The van der Waals surface area contributed by atoms with Crippen LogP contribution in [0.3, 0.4) is 0 Å². The SMILES string of the molecule is NC(=O)C(CCc1ccncc1)(NCCc1ccncc1)c1ccc2c(c1)OCO2. The van der Waals surface area contributed by atoms with Crippen LogP contribution in [0.2, 0.25) is 0 Å². The summed E-state index contributed by atoms with van der Waals surface area (Å²) in [6.45, 7) is 0.757. The van der Waals surface area contributed by atoms with E-state index in [1.807, 2.05) is 42.5 Å². The predicted molar refractivity (Wildman–Crippen MR) is 112 cm³/mol. The number of carbonyl (C=O) groups excluding carboxylic acids is 1. The van der Waals surface area contributed by atoms with Crippen LogP contribution in [0.1, 0.15) is 23.1 Å². The van der Waals surface area contributed by atoms with Crippen LogP contribution in [0, 0.1) is 0 Å². The number of hydrogen-bond donors (Lipinski definition) is 2. The molecule has 0 fully saturated rings. The molecule has 0 spiro atoms. The number of carbonyl (C=O) groups is 1. The average Bonchev–Trinajstić information content (AvgIpc) is 3.25. The molecule has 154 valence electrons. The molecule has 2 aromatic heterocycles. The van der Waals surface area contributed by atoms with E-state index in [1.165, 1.54) is 0 Å². The summed E-state index contributed by atoms with van der Waals surface area (Å²) in [6, 6.07) is 13.4. The number of pyridine rings is 2. The maximum absolute atomic E-state index is 12.9. The highest BCUT2D eigenvalue weighted by atomic mass is 16.7. The number of hydrogen-bond acceptors (Lipinski definition) is 6. The van der Waals surface area contributed by atoms with E-state index in [2.05, 4.69) is 15.3 Å². The molecule has 3 heterocycles. The van der Waals surface area contributed by atoms with Gasteiger partial charge in [-0.3, -0.25) is 20.1 Å². The number of fused-ring (bicyclic) bond motifs is 1. The standard InChI is InChI=1S/C23H24N4O3/c24-22(28)23(9-3-17-4-10-25-11-5-17,27-14-8-18-6-12-26-13-7-18)19-1-2-20-21(15-19)30-16-29-20/h1-2,4-7,10-13,15,27H,3,8-9,14,16H2,(H2,24,28). The molecule has 1 aliphatic heterocycles.